The molecular weight excluding hydrogens is 985 g/mol. The van der Waals surface area contributed by atoms with Crippen molar-refractivity contribution in [2.24, 2.45) is 0 Å². The predicted molar refractivity (Wildman–Crippen MR) is 314 cm³/mol. The lowest BCUT2D eigenvalue weighted by atomic mass is 9.85. The summed E-state index contributed by atoms with van der Waals surface area (Å²) in [6.07, 6.45) is 7.68. The molecule has 15 nitrogen and oxygen atoms in total. The lowest BCUT2D eigenvalue weighted by molar-refractivity contribution is -0.383. The van der Waals surface area contributed by atoms with Crippen molar-refractivity contribution in [3.63, 3.8) is 0 Å². The minimum absolute atomic E-state index is 0.0278. The Bertz CT molecular complexity index is 3610. The summed E-state index contributed by atoms with van der Waals surface area (Å²) in [6.45, 7) is 42.8. The van der Waals surface area contributed by atoms with Crippen LogP contribution in [0.3, 0.4) is 0 Å². The zero-order valence-corrected chi connectivity index (χ0v) is 48.2. The Labute approximate surface area is 458 Å². The van der Waals surface area contributed by atoms with Crippen molar-refractivity contribution >= 4 is 71.9 Å². The molecule has 10 aromatic rings. The van der Waals surface area contributed by atoms with Crippen LogP contribution in [0.15, 0.2) is 132 Å². The molecule has 0 saturated carbocycles. The van der Waals surface area contributed by atoms with E-state index in [0.717, 1.165) is 71.5 Å². The van der Waals surface area contributed by atoms with E-state index in [4.69, 9.17) is 44.4 Å². The summed E-state index contributed by atoms with van der Waals surface area (Å²) < 4.78 is 25.8. The lowest BCUT2D eigenvalue weighted by Gasteiger charge is -2.19. The van der Waals surface area contributed by atoms with Crippen LogP contribution < -0.4 is 0 Å². The van der Waals surface area contributed by atoms with Gasteiger partial charge in [0.25, 0.3) is 0 Å². The number of fused-ring (bicyclic) bond motifs is 5. The van der Waals surface area contributed by atoms with Gasteiger partial charge in [-0.2, -0.15) is 15.8 Å². The molecule has 0 bridgehead atoms. The molecule has 0 spiro atoms. The van der Waals surface area contributed by atoms with Gasteiger partial charge < -0.3 is 22.1 Å². The lowest BCUT2D eigenvalue weighted by Crippen LogP contribution is -2.11. The summed E-state index contributed by atoms with van der Waals surface area (Å²) in [5.74, 6) is 0. The van der Waals surface area contributed by atoms with E-state index >= 15 is 0 Å². The SMILES string of the molecule is CC.CC.CC.CC.CC.CC(C)(C)c1cc(C#N)c2occc2c1.Cc1cc([N+](=O)[O-])c2occc2c1.Cc1cc([N+](=O)[O-])c2occc2c1.Cc1cc2ccoc2c(C)c1C#N.[C-]#[N+]c1c(C)cc(C#N)c2occc12. The predicted octanol–water partition coefficient (Wildman–Crippen LogP) is 20.1. The second-order valence-electron chi connectivity index (χ2n) is 16.6. The van der Waals surface area contributed by atoms with Crippen molar-refractivity contribution in [1.82, 2.24) is 0 Å². The molecule has 0 atom stereocenters. The monoisotopic (exact) mass is 1060 g/mol. The van der Waals surface area contributed by atoms with Crippen LogP contribution in [-0.4, -0.2) is 9.85 Å². The van der Waals surface area contributed by atoms with Gasteiger partial charge in [-0.05, 0) is 135 Å². The topological polar surface area (TPSA) is 228 Å². The van der Waals surface area contributed by atoms with Gasteiger partial charge in [0.05, 0.1) is 70.5 Å². The second kappa shape index (κ2) is 32.8. The molecule has 5 heterocycles. The molecule has 0 aliphatic rings. The highest BCUT2D eigenvalue weighted by Gasteiger charge is 2.19. The van der Waals surface area contributed by atoms with E-state index in [9.17, 15) is 20.2 Å². The third-order valence-electron chi connectivity index (χ3n) is 10.7. The van der Waals surface area contributed by atoms with Gasteiger partial charge in [-0.15, -0.1) is 0 Å². The number of nitrogens with zero attached hydrogens (tertiary/aromatic N) is 6. The van der Waals surface area contributed by atoms with Crippen LogP contribution in [0.25, 0.3) is 59.7 Å². The number of nitro groups is 2. The van der Waals surface area contributed by atoms with E-state index in [1.807, 2.05) is 140 Å². The highest BCUT2D eigenvalue weighted by atomic mass is 16.6. The molecule has 0 fully saturated rings. The van der Waals surface area contributed by atoms with Crippen LogP contribution in [0.5, 0.6) is 0 Å². The number of furan rings is 5. The first-order valence-electron chi connectivity index (χ1n) is 25.7. The van der Waals surface area contributed by atoms with Gasteiger partial charge in [-0.25, -0.2) is 4.85 Å². The fourth-order valence-corrected chi connectivity index (χ4v) is 7.41. The molecule has 0 unspecified atom stereocenters. The van der Waals surface area contributed by atoms with Gasteiger partial charge >= 0.3 is 11.4 Å². The fourth-order valence-electron chi connectivity index (χ4n) is 7.41. The summed E-state index contributed by atoms with van der Waals surface area (Å²) >= 11 is 0. The zero-order chi connectivity index (χ0) is 59.4. The molecule has 5 aromatic heterocycles. The van der Waals surface area contributed by atoms with Crippen LogP contribution in [-0.2, 0) is 5.41 Å². The summed E-state index contributed by atoms with van der Waals surface area (Å²) in [6, 6.07) is 29.7. The van der Waals surface area contributed by atoms with Crippen LogP contribution in [0.2, 0.25) is 0 Å². The van der Waals surface area contributed by atoms with Gasteiger partial charge in [0, 0.05) is 44.6 Å². The second-order valence-corrected chi connectivity index (χ2v) is 16.6. The number of benzene rings is 5. The largest absolute Gasteiger partial charge is 0.464 e. The minimum Gasteiger partial charge on any atom is -0.464 e. The molecule has 0 amide bonds. The van der Waals surface area contributed by atoms with Crippen molar-refractivity contribution in [2.45, 2.75) is 130 Å². The summed E-state index contributed by atoms with van der Waals surface area (Å²) in [7, 11) is 0. The molecule has 15 heteroatoms. The van der Waals surface area contributed by atoms with E-state index in [0.29, 0.717) is 39.1 Å². The normalized spacial score (nSPS) is 9.56. The van der Waals surface area contributed by atoms with Crippen LogP contribution in [0.1, 0.15) is 140 Å². The van der Waals surface area contributed by atoms with Gasteiger partial charge in [-0.1, -0.05) is 90.0 Å². The maximum atomic E-state index is 10.6. The molecule has 408 valence electrons. The Morgan fingerprint density at radius 1 is 0.487 bits per heavy atom. The highest BCUT2D eigenvalue weighted by molar-refractivity contribution is 5.96. The third kappa shape index (κ3) is 16.8. The number of aryl methyl sites for hydroxylation is 5. The molecule has 0 aliphatic carbocycles. The highest BCUT2D eigenvalue weighted by Crippen LogP contribution is 2.34. The van der Waals surface area contributed by atoms with E-state index in [1.54, 1.807) is 36.8 Å². The maximum absolute atomic E-state index is 10.6. The standard InChI is InChI=1S/C13H13NO.C11H6N2O.C11H9NO.2C9H7NO3.5C2H6/c1-13(2,3)11-6-9-4-5-15-12(9)10(7-11)8-14;1-7-5-8(6-12)11-9(3-4-14-11)10(7)13-2;1-7-5-9-3-4-13-11(9)8(2)10(7)6-12;2*1-6-4-7-2-3-13-9(7)8(5-6)10(11)12;5*1-2/h4-7H,1-3H3;3-5H,1H3;3-5H,1-2H3;2*2-5H,1H3;5*1-2H3. The Kier molecular flexibility index (Phi) is 28.0. The Balaban J connectivity index is 0.000000468. The van der Waals surface area contributed by atoms with E-state index in [1.165, 1.54) is 30.9 Å². The van der Waals surface area contributed by atoms with Gasteiger partial charge in [-0.3, -0.25) is 20.2 Å². The maximum Gasteiger partial charge on any atom is 0.312 e. The number of hydrogen-bond donors (Lipinski definition) is 0. The Morgan fingerprint density at radius 2 is 0.872 bits per heavy atom. The van der Waals surface area contributed by atoms with Crippen LogP contribution >= 0.6 is 0 Å². The average Bonchev–Trinajstić information content (AvgIpc) is 4.33. The van der Waals surface area contributed by atoms with Crippen LogP contribution in [0, 0.1) is 95.4 Å². The molecular formula is C63H72N6O9. The quantitative estimate of drug-likeness (QED) is 0.0894. The molecule has 0 N–H and O–H groups in total. The first kappa shape index (κ1) is 66.6. The van der Waals surface area contributed by atoms with Gasteiger partial charge in [0.1, 0.15) is 23.3 Å². The summed E-state index contributed by atoms with van der Waals surface area (Å²) in [5, 5.41) is 52.3. The first-order valence-corrected chi connectivity index (χ1v) is 25.7. The van der Waals surface area contributed by atoms with Gasteiger partial charge in [0.15, 0.2) is 5.58 Å². The first-order chi connectivity index (χ1) is 37.4. The number of nitriles is 3. The molecule has 0 aliphatic heterocycles. The Hall–Kier alpha value is -9.44. The molecule has 0 saturated heterocycles. The van der Waals surface area contributed by atoms with E-state index < -0.39 is 9.85 Å². The molecule has 78 heavy (non-hydrogen) atoms. The van der Waals surface area contributed by atoms with E-state index in [2.05, 4.69) is 49.9 Å². The molecule has 10 rings (SSSR count). The number of rotatable bonds is 2. The van der Waals surface area contributed by atoms with Crippen molar-refractivity contribution in [3.05, 3.63) is 192 Å². The average molecular weight is 1060 g/mol. The molecule has 0 radical (unpaired) electrons. The van der Waals surface area contributed by atoms with Crippen molar-refractivity contribution < 1.29 is 31.9 Å². The third-order valence-corrected chi connectivity index (χ3v) is 10.7. The number of nitro benzene ring substituents is 2. The van der Waals surface area contributed by atoms with Crippen molar-refractivity contribution in [1.29, 1.82) is 15.8 Å². The van der Waals surface area contributed by atoms with Gasteiger partial charge in [0.2, 0.25) is 16.9 Å². The summed E-state index contributed by atoms with van der Waals surface area (Å²) in [4.78, 5) is 23.8. The Morgan fingerprint density at radius 3 is 1.28 bits per heavy atom. The van der Waals surface area contributed by atoms with Crippen LogP contribution in [0.4, 0.5) is 17.1 Å². The molecule has 5 aromatic carbocycles. The zero-order valence-electron chi connectivity index (χ0n) is 48.2. The minimum atomic E-state index is -0.432. The van der Waals surface area contributed by atoms with Crippen molar-refractivity contribution in [3.8, 4) is 18.2 Å². The number of non-ortho nitro benzene ring substituents is 2. The van der Waals surface area contributed by atoms with E-state index in [-0.39, 0.29) is 16.8 Å². The smallest absolute Gasteiger partial charge is 0.312 e. The number of hydrogen-bond acceptors (Lipinski definition) is 12. The summed E-state index contributed by atoms with van der Waals surface area (Å²) in [5.41, 5.74) is 10.8. The van der Waals surface area contributed by atoms with Crippen molar-refractivity contribution in [2.75, 3.05) is 0 Å². The fraction of sp³-hybridized carbons (Fsp3) is 0.302.